The highest BCUT2D eigenvalue weighted by Gasteiger charge is 2.22. The third-order valence-electron chi connectivity index (χ3n) is 5.76. The highest BCUT2D eigenvalue weighted by molar-refractivity contribution is 5.96. The van der Waals surface area contributed by atoms with E-state index in [2.05, 4.69) is 16.3 Å². The topological polar surface area (TPSA) is 90.2 Å². The quantitative estimate of drug-likeness (QED) is 0.459. The molecule has 0 bridgehead atoms. The number of rotatable bonds is 10. The van der Waals surface area contributed by atoms with Gasteiger partial charge in [0.15, 0.2) is 6.61 Å². The van der Waals surface area contributed by atoms with Gasteiger partial charge >= 0.3 is 5.97 Å². The molecule has 1 fully saturated rings. The summed E-state index contributed by atoms with van der Waals surface area (Å²) in [4.78, 5) is 27.4. The minimum Gasteiger partial charge on any atom is -0.450 e. The van der Waals surface area contributed by atoms with Crippen molar-refractivity contribution in [3.63, 3.8) is 0 Å². The van der Waals surface area contributed by atoms with Gasteiger partial charge in [0.2, 0.25) is 5.76 Å². The van der Waals surface area contributed by atoms with Crippen LogP contribution in [0.3, 0.4) is 0 Å². The molecule has 0 atom stereocenters. The van der Waals surface area contributed by atoms with Crippen LogP contribution in [0.2, 0.25) is 0 Å². The van der Waals surface area contributed by atoms with E-state index in [1.54, 1.807) is 6.07 Å². The second-order valence-corrected chi connectivity index (χ2v) is 8.05. The van der Waals surface area contributed by atoms with Gasteiger partial charge in [-0.05, 0) is 24.1 Å². The fraction of sp³-hybridized carbons (Fsp3) is 0.385. The van der Waals surface area contributed by atoms with Crippen LogP contribution in [0.1, 0.15) is 34.2 Å². The number of carbonyl (C=O) groups excluding carboxylic acids is 2. The zero-order chi connectivity index (χ0) is 23.8. The molecule has 1 aliphatic heterocycles. The summed E-state index contributed by atoms with van der Waals surface area (Å²) >= 11 is 0. The molecule has 0 spiro atoms. The summed E-state index contributed by atoms with van der Waals surface area (Å²) in [5.74, 6) is -0.996. The molecule has 0 radical (unpaired) electrons. The molecule has 1 amide bonds. The first-order valence-corrected chi connectivity index (χ1v) is 11.5. The second-order valence-electron chi connectivity index (χ2n) is 8.05. The summed E-state index contributed by atoms with van der Waals surface area (Å²) in [7, 11) is 0. The first kappa shape index (κ1) is 23.9. The maximum atomic E-state index is 12.7. The minimum atomic E-state index is -0.686. The lowest BCUT2D eigenvalue weighted by Gasteiger charge is -2.27. The van der Waals surface area contributed by atoms with Gasteiger partial charge in [0.1, 0.15) is 5.58 Å². The molecule has 1 saturated heterocycles. The zero-order valence-electron chi connectivity index (χ0n) is 19.4. The van der Waals surface area contributed by atoms with Crippen LogP contribution in [0.15, 0.2) is 52.9 Å². The molecular formula is C26H30N2O6. The summed E-state index contributed by atoms with van der Waals surface area (Å²) < 4.78 is 21.9. The molecule has 8 heteroatoms. The van der Waals surface area contributed by atoms with E-state index in [1.807, 2.05) is 43.3 Å². The van der Waals surface area contributed by atoms with Crippen LogP contribution < -0.4 is 5.32 Å². The van der Waals surface area contributed by atoms with E-state index in [0.29, 0.717) is 24.3 Å². The van der Waals surface area contributed by atoms with Crippen molar-refractivity contribution in [1.29, 1.82) is 0 Å². The van der Waals surface area contributed by atoms with E-state index in [-0.39, 0.29) is 18.3 Å². The number of morpholine rings is 1. The number of carbonyl (C=O) groups is 2. The highest BCUT2D eigenvalue weighted by Crippen LogP contribution is 2.27. The highest BCUT2D eigenvalue weighted by atomic mass is 16.5. The number of amides is 1. The predicted octanol–water partition coefficient (Wildman–Crippen LogP) is 3.27. The Morgan fingerprint density at radius 3 is 2.56 bits per heavy atom. The largest absolute Gasteiger partial charge is 0.450 e. The lowest BCUT2D eigenvalue weighted by Crippen LogP contribution is -2.36. The summed E-state index contributed by atoms with van der Waals surface area (Å²) in [5, 5.41) is 3.64. The summed E-state index contributed by atoms with van der Waals surface area (Å²) in [5.41, 5.74) is 3.39. The zero-order valence-corrected chi connectivity index (χ0v) is 19.4. The van der Waals surface area contributed by atoms with Crippen molar-refractivity contribution < 1.29 is 28.2 Å². The minimum absolute atomic E-state index is 0.0679. The number of hydrogen-bond donors (Lipinski definition) is 1. The molecule has 3 aromatic rings. The van der Waals surface area contributed by atoms with Crippen molar-refractivity contribution in [2.45, 2.75) is 26.6 Å². The Bertz CT molecular complexity index is 1120. The van der Waals surface area contributed by atoms with Gasteiger partial charge in [-0.2, -0.15) is 0 Å². The fourth-order valence-electron chi connectivity index (χ4n) is 3.94. The van der Waals surface area contributed by atoms with E-state index in [0.717, 1.165) is 49.4 Å². The number of nitrogens with zero attached hydrogens (tertiary/aromatic N) is 1. The number of ether oxygens (including phenoxy) is 3. The van der Waals surface area contributed by atoms with Gasteiger partial charge in [-0.25, -0.2) is 4.79 Å². The number of nitrogens with one attached hydrogen (secondary N) is 1. The van der Waals surface area contributed by atoms with E-state index in [1.165, 1.54) is 0 Å². The first-order chi connectivity index (χ1) is 16.7. The van der Waals surface area contributed by atoms with Crippen LogP contribution >= 0.6 is 0 Å². The Morgan fingerprint density at radius 1 is 1.03 bits per heavy atom. The number of hydrogen-bond acceptors (Lipinski definition) is 7. The molecule has 0 unspecified atom stereocenters. The third-order valence-corrected chi connectivity index (χ3v) is 5.76. The van der Waals surface area contributed by atoms with Crippen molar-refractivity contribution in [3.05, 3.63) is 71.0 Å². The standard InChI is InChI=1S/C26H30N2O6/c1-2-31-17-22-21-9-5-6-10-23(21)34-25(22)26(30)33-18-24(29)27-15-19-7-3-4-8-20(19)16-28-11-13-32-14-12-28/h3-10H,2,11-18H2,1H3,(H,27,29). The van der Waals surface area contributed by atoms with Crippen molar-refractivity contribution in [2.75, 3.05) is 39.5 Å². The van der Waals surface area contributed by atoms with Crippen molar-refractivity contribution in [2.24, 2.45) is 0 Å². The van der Waals surface area contributed by atoms with Gasteiger partial charge in [0.05, 0.1) is 19.8 Å². The molecule has 2 heterocycles. The normalized spacial score (nSPS) is 14.3. The number of furan rings is 1. The van der Waals surface area contributed by atoms with E-state index >= 15 is 0 Å². The van der Waals surface area contributed by atoms with Crippen LogP contribution in [-0.4, -0.2) is 56.3 Å². The Kier molecular flexibility index (Phi) is 8.30. The van der Waals surface area contributed by atoms with Crippen molar-refractivity contribution in [3.8, 4) is 0 Å². The van der Waals surface area contributed by atoms with Gasteiger partial charge in [-0.3, -0.25) is 9.69 Å². The van der Waals surface area contributed by atoms with Crippen LogP contribution in [0.4, 0.5) is 0 Å². The molecular weight excluding hydrogens is 436 g/mol. The maximum absolute atomic E-state index is 12.7. The van der Waals surface area contributed by atoms with E-state index < -0.39 is 12.6 Å². The second kappa shape index (κ2) is 11.8. The van der Waals surface area contributed by atoms with Crippen LogP contribution in [0.5, 0.6) is 0 Å². The third kappa shape index (κ3) is 6.02. The maximum Gasteiger partial charge on any atom is 0.375 e. The van der Waals surface area contributed by atoms with Gasteiger partial charge < -0.3 is 23.9 Å². The molecule has 0 aliphatic carbocycles. The van der Waals surface area contributed by atoms with Gasteiger partial charge in [-0.1, -0.05) is 42.5 Å². The van der Waals surface area contributed by atoms with Crippen molar-refractivity contribution in [1.82, 2.24) is 10.2 Å². The SMILES string of the molecule is CCOCc1c(C(=O)OCC(=O)NCc2ccccc2CN2CCOCC2)oc2ccccc12. The molecule has 2 aromatic carbocycles. The lowest BCUT2D eigenvalue weighted by atomic mass is 10.1. The number of fused-ring (bicyclic) bond motifs is 1. The lowest BCUT2D eigenvalue weighted by molar-refractivity contribution is -0.124. The number of benzene rings is 2. The van der Waals surface area contributed by atoms with Gasteiger partial charge in [0.25, 0.3) is 5.91 Å². The average Bonchev–Trinajstić information content (AvgIpc) is 3.24. The molecule has 8 nitrogen and oxygen atoms in total. The average molecular weight is 467 g/mol. The van der Waals surface area contributed by atoms with Crippen LogP contribution in [0.25, 0.3) is 11.0 Å². The number of esters is 1. The Labute approximate surface area is 198 Å². The Morgan fingerprint density at radius 2 is 1.76 bits per heavy atom. The molecule has 4 rings (SSSR count). The van der Waals surface area contributed by atoms with Crippen LogP contribution in [0, 0.1) is 0 Å². The predicted molar refractivity (Wildman–Crippen MR) is 126 cm³/mol. The summed E-state index contributed by atoms with van der Waals surface area (Å²) in [6.07, 6.45) is 0. The smallest absolute Gasteiger partial charge is 0.375 e. The molecule has 1 N–H and O–H groups in total. The van der Waals surface area contributed by atoms with Gasteiger partial charge in [0, 0.05) is 43.7 Å². The van der Waals surface area contributed by atoms with E-state index in [4.69, 9.17) is 18.6 Å². The Balaban J connectivity index is 1.33. The number of para-hydroxylation sites is 1. The monoisotopic (exact) mass is 466 g/mol. The summed E-state index contributed by atoms with van der Waals surface area (Å²) in [6.45, 7) is 6.64. The van der Waals surface area contributed by atoms with Crippen molar-refractivity contribution >= 4 is 22.8 Å². The molecule has 1 aromatic heterocycles. The first-order valence-electron chi connectivity index (χ1n) is 11.5. The fourth-order valence-corrected chi connectivity index (χ4v) is 3.94. The summed E-state index contributed by atoms with van der Waals surface area (Å²) in [6, 6.07) is 15.4. The molecule has 34 heavy (non-hydrogen) atoms. The van der Waals surface area contributed by atoms with E-state index in [9.17, 15) is 9.59 Å². The van der Waals surface area contributed by atoms with Crippen LogP contribution in [-0.2, 0) is 38.7 Å². The molecule has 180 valence electrons. The molecule has 0 saturated carbocycles. The molecule has 1 aliphatic rings. The van der Waals surface area contributed by atoms with Gasteiger partial charge in [-0.15, -0.1) is 0 Å². The Hall–Kier alpha value is -3.20.